The number of nitrogens with zero attached hydrogens (tertiary/aromatic N) is 2. The van der Waals surface area contributed by atoms with E-state index in [1.54, 1.807) is 18.2 Å². The molecule has 23 heavy (non-hydrogen) atoms. The van der Waals surface area contributed by atoms with Crippen molar-refractivity contribution in [2.75, 3.05) is 24.3 Å². The Morgan fingerprint density at radius 3 is 2.74 bits per heavy atom. The zero-order chi connectivity index (χ0) is 16.6. The van der Waals surface area contributed by atoms with Gasteiger partial charge in [0.05, 0.1) is 17.1 Å². The second-order valence-corrected chi connectivity index (χ2v) is 7.39. The van der Waals surface area contributed by atoms with Crippen molar-refractivity contribution >= 4 is 21.4 Å². The molecule has 7 heteroatoms. The third kappa shape index (κ3) is 3.05. The first-order valence-corrected chi connectivity index (χ1v) is 8.98. The maximum atomic E-state index is 12.7. The fourth-order valence-corrected chi connectivity index (χ4v) is 3.08. The Hall–Kier alpha value is -2.41. The molecule has 0 atom stereocenters. The van der Waals surface area contributed by atoms with Gasteiger partial charge in [0.25, 0.3) is 5.91 Å². The first-order valence-electron chi connectivity index (χ1n) is 7.09. The first-order chi connectivity index (χ1) is 10.9. The molecule has 0 radical (unpaired) electrons. The normalized spacial score (nSPS) is 14.1. The summed E-state index contributed by atoms with van der Waals surface area (Å²) in [6, 6.07) is 9.75. The molecule has 120 valence electrons. The maximum absolute atomic E-state index is 12.7. The zero-order valence-electron chi connectivity index (χ0n) is 12.8. The van der Waals surface area contributed by atoms with Crippen molar-refractivity contribution in [1.29, 1.82) is 0 Å². The SMILES string of the molecule is Cc1cccc(C(=O)N2CCOc3ccc(S(C)(=O)=O)cc32)n1. The molecular formula is C16H16N2O4S. The van der Waals surface area contributed by atoms with Crippen LogP contribution in [0.5, 0.6) is 5.75 Å². The lowest BCUT2D eigenvalue weighted by Gasteiger charge is -2.29. The molecule has 0 aliphatic carbocycles. The number of rotatable bonds is 2. The minimum Gasteiger partial charge on any atom is -0.490 e. The number of aryl methyl sites for hydroxylation is 1. The van der Waals surface area contributed by atoms with Crippen LogP contribution in [0.3, 0.4) is 0 Å². The molecule has 1 aromatic carbocycles. The average Bonchev–Trinajstić information content (AvgIpc) is 2.52. The van der Waals surface area contributed by atoms with Crippen molar-refractivity contribution < 1.29 is 17.9 Å². The molecule has 0 saturated heterocycles. The smallest absolute Gasteiger partial charge is 0.277 e. The van der Waals surface area contributed by atoms with E-state index in [0.717, 1.165) is 11.9 Å². The third-order valence-electron chi connectivity index (χ3n) is 3.57. The van der Waals surface area contributed by atoms with Crippen LogP contribution in [-0.4, -0.2) is 38.7 Å². The molecule has 2 aromatic rings. The predicted octanol–water partition coefficient (Wildman–Crippen LogP) is 1.83. The molecule has 0 fully saturated rings. The standard InChI is InChI=1S/C16H16N2O4S/c1-11-4-3-5-13(17-11)16(19)18-8-9-22-15-7-6-12(10-14(15)18)23(2,20)21/h3-7,10H,8-9H2,1-2H3. The van der Waals surface area contributed by atoms with Gasteiger partial charge in [0, 0.05) is 11.9 Å². The van der Waals surface area contributed by atoms with Gasteiger partial charge in [-0.25, -0.2) is 13.4 Å². The molecule has 0 unspecified atom stereocenters. The van der Waals surface area contributed by atoms with E-state index in [1.165, 1.54) is 17.0 Å². The number of ether oxygens (including phenoxy) is 1. The average molecular weight is 332 g/mol. The minimum atomic E-state index is -3.37. The number of carbonyl (C=O) groups is 1. The van der Waals surface area contributed by atoms with E-state index in [0.29, 0.717) is 30.3 Å². The molecule has 2 heterocycles. The van der Waals surface area contributed by atoms with E-state index in [1.807, 2.05) is 13.0 Å². The molecular weight excluding hydrogens is 316 g/mol. The topological polar surface area (TPSA) is 76.6 Å². The summed E-state index contributed by atoms with van der Waals surface area (Å²) in [5.41, 5.74) is 1.52. The highest BCUT2D eigenvalue weighted by atomic mass is 32.2. The highest BCUT2D eigenvalue weighted by molar-refractivity contribution is 7.90. The second kappa shape index (κ2) is 5.66. The van der Waals surface area contributed by atoms with Crippen LogP contribution in [-0.2, 0) is 9.84 Å². The van der Waals surface area contributed by atoms with E-state index in [-0.39, 0.29) is 10.8 Å². The van der Waals surface area contributed by atoms with E-state index in [9.17, 15) is 13.2 Å². The van der Waals surface area contributed by atoms with Crippen LogP contribution >= 0.6 is 0 Å². The number of pyridine rings is 1. The maximum Gasteiger partial charge on any atom is 0.277 e. The van der Waals surface area contributed by atoms with Crippen molar-refractivity contribution in [3.8, 4) is 5.75 Å². The summed E-state index contributed by atoms with van der Waals surface area (Å²) in [5, 5.41) is 0. The number of aromatic nitrogens is 1. The van der Waals surface area contributed by atoms with E-state index in [4.69, 9.17) is 4.74 Å². The molecule has 0 N–H and O–H groups in total. The number of anilines is 1. The van der Waals surface area contributed by atoms with Crippen molar-refractivity contribution in [3.63, 3.8) is 0 Å². The van der Waals surface area contributed by atoms with Gasteiger partial charge in [-0.15, -0.1) is 0 Å². The molecule has 6 nitrogen and oxygen atoms in total. The summed E-state index contributed by atoms with van der Waals surface area (Å²) in [5.74, 6) is 0.216. The molecule has 0 saturated carbocycles. The first kappa shape index (κ1) is 15.5. The molecule has 1 aromatic heterocycles. The Morgan fingerprint density at radius 2 is 2.04 bits per heavy atom. The summed E-state index contributed by atoms with van der Waals surface area (Å²) in [6.07, 6.45) is 1.13. The van der Waals surface area contributed by atoms with Gasteiger partial charge in [-0.2, -0.15) is 0 Å². The van der Waals surface area contributed by atoms with Crippen LogP contribution in [0.15, 0.2) is 41.3 Å². The van der Waals surface area contributed by atoms with Gasteiger partial charge >= 0.3 is 0 Å². The Labute approximate surface area is 134 Å². The van der Waals surface area contributed by atoms with Gasteiger partial charge in [-0.05, 0) is 37.3 Å². The number of sulfone groups is 1. The molecule has 0 bridgehead atoms. The molecule has 1 aliphatic rings. The lowest BCUT2D eigenvalue weighted by atomic mass is 10.2. The number of amides is 1. The largest absolute Gasteiger partial charge is 0.490 e. The van der Waals surface area contributed by atoms with Gasteiger partial charge in [0.2, 0.25) is 0 Å². The fraction of sp³-hybridized carbons (Fsp3) is 0.250. The molecule has 1 amide bonds. The van der Waals surface area contributed by atoms with Crippen molar-refractivity contribution in [3.05, 3.63) is 47.8 Å². The van der Waals surface area contributed by atoms with Crippen LogP contribution in [0.25, 0.3) is 0 Å². The number of hydrogen-bond donors (Lipinski definition) is 0. The Bertz CT molecular complexity index is 877. The minimum absolute atomic E-state index is 0.150. The second-order valence-electron chi connectivity index (χ2n) is 5.37. The zero-order valence-corrected chi connectivity index (χ0v) is 13.6. The Morgan fingerprint density at radius 1 is 1.26 bits per heavy atom. The summed E-state index contributed by atoms with van der Waals surface area (Å²) >= 11 is 0. The van der Waals surface area contributed by atoms with Crippen LogP contribution in [0.4, 0.5) is 5.69 Å². The number of fused-ring (bicyclic) bond motifs is 1. The van der Waals surface area contributed by atoms with Crippen LogP contribution < -0.4 is 9.64 Å². The lowest BCUT2D eigenvalue weighted by Crippen LogP contribution is -2.38. The Kier molecular flexibility index (Phi) is 3.81. The monoisotopic (exact) mass is 332 g/mol. The van der Waals surface area contributed by atoms with Gasteiger partial charge in [0.1, 0.15) is 18.1 Å². The Balaban J connectivity index is 2.05. The fourth-order valence-electron chi connectivity index (χ4n) is 2.44. The predicted molar refractivity (Wildman–Crippen MR) is 85.7 cm³/mol. The lowest BCUT2D eigenvalue weighted by molar-refractivity contribution is 0.0971. The molecule has 0 spiro atoms. The highest BCUT2D eigenvalue weighted by Gasteiger charge is 2.27. The van der Waals surface area contributed by atoms with E-state index >= 15 is 0 Å². The van der Waals surface area contributed by atoms with Gasteiger partial charge in [0.15, 0.2) is 9.84 Å². The van der Waals surface area contributed by atoms with Crippen LogP contribution in [0.1, 0.15) is 16.2 Å². The van der Waals surface area contributed by atoms with Crippen molar-refractivity contribution in [2.45, 2.75) is 11.8 Å². The van der Waals surface area contributed by atoms with Crippen molar-refractivity contribution in [1.82, 2.24) is 4.98 Å². The van der Waals surface area contributed by atoms with Gasteiger partial charge in [-0.3, -0.25) is 4.79 Å². The molecule has 1 aliphatic heterocycles. The summed E-state index contributed by atoms with van der Waals surface area (Å²) in [6.45, 7) is 2.50. The summed E-state index contributed by atoms with van der Waals surface area (Å²) in [4.78, 5) is 18.6. The number of carbonyl (C=O) groups excluding carboxylic acids is 1. The number of benzene rings is 1. The van der Waals surface area contributed by atoms with Crippen molar-refractivity contribution in [2.24, 2.45) is 0 Å². The van der Waals surface area contributed by atoms with Crippen LogP contribution in [0.2, 0.25) is 0 Å². The summed E-state index contributed by atoms with van der Waals surface area (Å²) in [7, 11) is -3.37. The van der Waals surface area contributed by atoms with Gasteiger partial charge in [-0.1, -0.05) is 6.07 Å². The van der Waals surface area contributed by atoms with E-state index in [2.05, 4.69) is 4.98 Å². The summed E-state index contributed by atoms with van der Waals surface area (Å²) < 4.78 is 29.0. The number of hydrogen-bond acceptors (Lipinski definition) is 5. The third-order valence-corrected chi connectivity index (χ3v) is 4.68. The van der Waals surface area contributed by atoms with Gasteiger partial charge < -0.3 is 9.64 Å². The van der Waals surface area contributed by atoms with Crippen LogP contribution in [0, 0.1) is 6.92 Å². The quantitative estimate of drug-likeness (QED) is 0.838. The highest BCUT2D eigenvalue weighted by Crippen LogP contribution is 2.34. The molecule has 3 rings (SSSR count). The van der Waals surface area contributed by atoms with E-state index < -0.39 is 9.84 Å².